The number of hydrogen-bond donors (Lipinski definition) is 0. The second-order valence-corrected chi connectivity index (χ2v) is 7.13. The summed E-state index contributed by atoms with van der Waals surface area (Å²) in [6.45, 7) is 1.97. The summed E-state index contributed by atoms with van der Waals surface area (Å²) in [6, 6.07) is 0. The predicted octanol–water partition coefficient (Wildman–Crippen LogP) is 2.53. The molecule has 1 saturated heterocycles. The molecule has 0 aromatic carbocycles. The molecule has 0 bridgehead atoms. The lowest BCUT2D eigenvalue weighted by Gasteiger charge is -2.19. The first-order valence-corrected chi connectivity index (χ1v) is 8.78. The highest BCUT2D eigenvalue weighted by Crippen LogP contribution is 2.41. The van der Waals surface area contributed by atoms with E-state index in [1.807, 2.05) is 19.4 Å². The number of carbonyl (C=O) groups is 2. The van der Waals surface area contributed by atoms with Gasteiger partial charge in [0.05, 0.1) is 23.7 Å². The summed E-state index contributed by atoms with van der Waals surface area (Å²) in [5.41, 5.74) is 2.71. The average molecular weight is 330 g/mol. The van der Waals surface area contributed by atoms with Gasteiger partial charge in [-0.05, 0) is 19.8 Å². The van der Waals surface area contributed by atoms with Gasteiger partial charge in [0.15, 0.2) is 5.13 Å². The molecule has 0 N–H and O–H groups in total. The number of aryl methyl sites for hydroxylation is 1. The first-order chi connectivity index (χ1) is 11.1. The number of rotatable bonds is 2. The monoisotopic (exact) mass is 330 g/mol. The highest BCUT2D eigenvalue weighted by atomic mass is 32.1. The number of amides is 2. The molecule has 2 aromatic rings. The van der Waals surface area contributed by atoms with E-state index in [-0.39, 0.29) is 23.7 Å². The van der Waals surface area contributed by atoms with E-state index < -0.39 is 0 Å². The van der Waals surface area contributed by atoms with Crippen molar-refractivity contribution in [3.8, 4) is 11.3 Å². The van der Waals surface area contributed by atoms with E-state index in [9.17, 15) is 9.59 Å². The van der Waals surface area contributed by atoms with Gasteiger partial charge in [0, 0.05) is 23.7 Å². The topological polar surface area (TPSA) is 68.1 Å². The molecule has 7 heteroatoms. The molecular weight excluding hydrogens is 312 g/mol. The molecule has 1 aliphatic carbocycles. The maximum absolute atomic E-state index is 12.6. The van der Waals surface area contributed by atoms with Crippen LogP contribution < -0.4 is 4.90 Å². The highest BCUT2D eigenvalue weighted by molar-refractivity contribution is 7.14. The predicted molar refractivity (Wildman–Crippen MR) is 87.0 cm³/mol. The summed E-state index contributed by atoms with van der Waals surface area (Å²) in [5.74, 6) is -0.403. The summed E-state index contributed by atoms with van der Waals surface area (Å²) in [6.07, 6.45) is 5.48. The van der Waals surface area contributed by atoms with E-state index in [0.29, 0.717) is 5.13 Å². The van der Waals surface area contributed by atoms with Crippen LogP contribution in [0.1, 0.15) is 31.4 Å². The van der Waals surface area contributed by atoms with Gasteiger partial charge >= 0.3 is 0 Å². The highest BCUT2D eigenvalue weighted by Gasteiger charge is 2.49. The van der Waals surface area contributed by atoms with Crippen molar-refractivity contribution in [2.75, 3.05) is 4.90 Å². The molecule has 4 rings (SSSR count). The van der Waals surface area contributed by atoms with Crippen LogP contribution in [0.2, 0.25) is 0 Å². The molecule has 2 fully saturated rings. The van der Waals surface area contributed by atoms with Crippen LogP contribution in [0.15, 0.2) is 11.6 Å². The largest absolute Gasteiger partial charge is 0.274 e. The van der Waals surface area contributed by atoms with Crippen molar-refractivity contribution in [2.45, 2.75) is 32.6 Å². The van der Waals surface area contributed by atoms with Gasteiger partial charge < -0.3 is 0 Å². The van der Waals surface area contributed by atoms with Gasteiger partial charge in [-0.15, -0.1) is 11.3 Å². The van der Waals surface area contributed by atoms with Crippen LogP contribution >= 0.6 is 11.3 Å². The summed E-state index contributed by atoms with van der Waals surface area (Å²) < 4.78 is 1.79. The Morgan fingerprint density at radius 1 is 1.17 bits per heavy atom. The summed E-state index contributed by atoms with van der Waals surface area (Å²) >= 11 is 1.35. The van der Waals surface area contributed by atoms with Gasteiger partial charge in [-0.3, -0.25) is 14.3 Å². The standard InChI is InChI=1S/C16H18N4O2S/c1-9-12(7-17-19(9)2)13-8-23-16(18-13)20-14(21)10-5-3-4-6-11(10)15(20)22/h7-8,10-11H,3-6H2,1-2H3/t10-,11+. The number of carbonyl (C=O) groups excluding carboxylic acids is 2. The minimum atomic E-state index is -0.135. The first kappa shape index (κ1) is 14.6. The average Bonchev–Trinajstić information content (AvgIpc) is 3.21. The number of nitrogens with zero attached hydrogens (tertiary/aromatic N) is 4. The molecular formula is C16H18N4O2S. The van der Waals surface area contributed by atoms with E-state index in [1.165, 1.54) is 16.2 Å². The third kappa shape index (κ3) is 2.14. The van der Waals surface area contributed by atoms with Crippen molar-refractivity contribution in [2.24, 2.45) is 18.9 Å². The quantitative estimate of drug-likeness (QED) is 0.794. The molecule has 2 aliphatic rings. The maximum atomic E-state index is 12.6. The van der Waals surface area contributed by atoms with E-state index in [2.05, 4.69) is 10.1 Å². The molecule has 23 heavy (non-hydrogen) atoms. The molecule has 2 atom stereocenters. The second kappa shape index (κ2) is 5.26. The van der Waals surface area contributed by atoms with Gasteiger partial charge in [0.25, 0.3) is 0 Å². The lowest BCUT2D eigenvalue weighted by Crippen LogP contribution is -2.30. The van der Waals surface area contributed by atoms with Gasteiger partial charge in [-0.25, -0.2) is 9.88 Å². The Bertz CT molecular complexity index is 770. The van der Waals surface area contributed by atoms with Crippen LogP contribution in [0.25, 0.3) is 11.3 Å². The van der Waals surface area contributed by atoms with Gasteiger partial charge in [-0.2, -0.15) is 5.10 Å². The van der Waals surface area contributed by atoms with Crippen LogP contribution in [0.3, 0.4) is 0 Å². The number of aromatic nitrogens is 3. The molecule has 120 valence electrons. The second-order valence-electron chi connectivity index (χ2n) is 6.29. The smallest absolute Gasteiger partial charge is 0.239 e. The Hall–Kier alpha value is -2.02. The zero-order valence-corrected chi connectivity index (χ0v) is 14.0. The Kier molecular flexibility index (Phi) is 3.33. The van der Waals surface area contributed by atoms with Crippen molar-refractivity contribution < 1.29 is 9.59 Å². The van der Waals surface area contributed by atoms with Crippen molar-refractivity contribution in [3.63, 3.8) is 0 Å². The number of hydrogen-bond acceptors (Lipinski definition) is 5. The summed E-state index contributed by atoms with van der Waals surface area (Å²) in [7, 11) is 1.88. The normalized spacial score (nSPS) is 24.3. The lowest BCUT2D eigenvalue weighted by atomic mass is 9.81. The molecule has 0 spiro atoms. The lowest BCUT2D eigenvalue weighted by molar-refractivity contribution is -0.122. The van der Waals surface area contributed by atoms with E-state index in [0.717, 1.165) is 42.6 Å². The molecule has 6 nitrogen and oxygen atoms in total. The zero-order valence-electron chi connectivity index (χ0n) is 13.2. The Morgan fingerprint density at radius 3 is 2.39 bits per heavy atom. The van der Waals surface area contributed by atoms with Crippen molar-refractivity contribution >= 4 is 28.3 Å². The van der Waals surface area contributed by atoms with E-state index >= 15 is 0 Å². The van der Waals surface area contributed by atoms with E-state index in [4.69, 9.17) is 0 Å². The molecule has 0 radical (unpaired) electrons. The van der Waals surface area contributed by atoms with E-state index in [1.54, 1.807) is 10.9 Å². The molecule has 0 unspecified atom stereocenters. The fraction of sp³-hybridized carbons (Fsp3) is 0.500. The first-order valence-electron chi connectivity index (χ1n) is 7.90. The van der Waals surface area contributed by atoms with Crippen molar-refractivity contribution in [3.05, 3.63) is 17.3 Å². The molecule has 2 aromatic heterocycles. The SMILES string of the molecule is Cc1c(-c2csc(N3C(=O)[C@H]4CCCC[C@H]4C3=O)n2)cnn1C. The van der Waals surface area contributed by atoms with Crippen molar-refractivity contribution in [1.29, 1.82) is 0 Å². The third-order valence-corrected chi connectivity index (χ3v) is 5.86. The fourth-order valence-electron chi connectivity index (χ4n) is 3.59. The van der Waals surface area contributed by atoms with Crippen LogP contribution in [0.4, 0.5) is 5.13 Å². The zero-order chi connectivity index (χ0) is 16.1. The van der Waals surface area contributed by atoms with Crippen LogP contribution in [-0.4, -0.2) is 26.6 Å². The minimum absolute atomic E-state index is 0.0662. The third-order valence-electron chi connectivity index (χ3n) is 5.04. The number of fused-ring (bicyclic) bond motifs is 1. The maximum Gasteiger partial charge on any atom is 0.239 e. The molecule has 1 aliphatic heterocycles. The van der Waals surface area contributed by atoms with Crippen molar-refractivity contribution in [1.82, 2.24) is 14.8 Å². The fourth-order valence-corrected chi connectivity index (χ4v) is 4.42. The minimum Gasteiger partial charge on any atom is -0.274 e. The van der Waals surface area contributed by atoms with Gasteiger partial charge in [0.2, 0.25) is 11.8 Å². The Morgan fingerprint density at radius 2 is 1.83 bits per heavy atom. The number of thiazole rings is 1. The molecule has 3 heterocycles. The van der Waals surface area contributed by atoms with Crippen LogP contribution in [0, 0.1) is 18.8 Å². The summed E-state index contributed by atoms with van der Waals surface area (Å²) in [5, 5.41) is 6.61. The summed E-state index contributed by atoms with van der Waals surface area (Å²) in [4.78, 5) is 31.1. The van der Waals surface area contributed by atoms with Gasteiger partial charge in [0.1, 0.15) is 0 Å². The van der Waals surface area contributed by atoms with Crippen LogP contribution in [-0.2, 0) is 16.6 Å². The van der Waals surface area contributed by atoms with Crippen LogP contribution in [0.5, 0.6) is 0 Å². The molecule has 2 amide bonds. The van der Waals surface area contributed by atoms with Gasteiger partial charge in [-0.1, -0.05) is 12.8 Å². The number of imide groups is 1. The Balaban J connectivity index is 1.68. The Labute approximate surface area is 138 Å². The molecule has 1 saturated carbocycles. The number of anilines is 1.